The number of benzene rings is 1. The molecule has 0 saturated heterocycles. The van der Waals surface area contributed by atoms with E-state index in [4.69, 9.17) is 23.7 Å². The molecule has 0 saturated carbocycles. The summed E-state index contributed by atoms with van der Waals surface area (Å²) in [5.41, 5.74) is 0.313. The van der Waals surface area contributed by atoms with Gasteiger partial charge in [0.2, 0.25) is 5.90 Å². The molecule has 0 radical (unpaired) electrons. The molecule has 0 amide bonds. The highest BCUT2D eigenvalue weighted by atomic mass is 16.5. The second-order valence-corrected chi connectivity index (χ2v) is 5.81. The van der Waals surface area contributed by atoms with Crippen molar-refractivity contribution in [2.24, 2.45) is 4.99 Å². The first-order chi connectivity index (χ1) is 11.4. The van der Waals surface area contributed by atoms with Crippen molar-refractivity contribution < 1.29 is 28.5 Å². The Morgan fingerprint density at radius 2 is 1.88 bits per heavy atom. The maximum atomic E-state index is 12.4. The number of carbonyl (C=O) groups excluding carboxylic acids is 1. The van der Waals surface area contributed by atoms with Crippen molar-refractivity contribution in [3.63, 3.8) is 0 Å². The topological polar surface area (TPSA) is 75.6 Å². The summed E-state index contributed by atoms with van der Waals surface area (Å²) in [6.45, 7) is 6.31. The summed E-state index contributed by atoms with van der Waals surface area (Å²) >= 11 is 0. The van der Waals surface area contributed by atoms with Crippen molar-refractivity contribution in [3.8, 4) is 17.2 Å². The van der Waals surface area contributed by atoms with Gasteiger partial charge in [0.15, 0.2) is 11.5 Å². The van der Waals surface area contributed by atoms with E-state index >= 15 is 0 Å². The summed E-state index contributed by atoms with van der Waals surface area (Å²) in [5, 5.41) is 0. The third-order valence-corrected chi connectivity index (χ3v) is 3.50. The molecule has 0 N–H and O–H groups in total. The van der Waals surface area contributed by atoms with Gasteiger partial charge in [-0.3, -0.25) is 0 Å². The van der Waals surface area contributed by atoms with Crippen LogP contribution < -0.4 is 14.2 Å². The largest absolute Gasteiger partial charge is 0.495 e. The number of esters is 1. The molecule has 0 aliphatic carbocycles. The van der Waals surface area contributed by atoms with Gasteiger partial charge in [-0.05, 0) is 20.8 Å². The summed E-state index contributed by atoms with van der Waals surface area (Å²) in [5.74, 6) is 0.719. The Bertz CT molecular complexity index is 666. The Morgan fingerprint density at radius 1 is 1.21 bits per heavy atom. The number of hydrogen-bond donors (Lipinski definition) is 0. The third-order valence-electron chi connectivity index (χ3n) is 3.50. The standard InChI is InChI=1S/C17H23NO6/c1-7-23-16(19)12-13(21-5)10(8-11(20-4)14(12)22-6)15-18-17(2,3)9-24-15/h8H,7,9H2,1-6H3. The molecule has 132 valence electrons. The molecule has 1 aliphatic heterocycles. The highest BCUT2D eigenvalue weighted by molar-refractivity contribution is 6.05. The molecule has 1 heterocycles. The van der Waals surface area contributed by atoms with E-state index in [0.29, 0.717) is 23.8 Å². The van der Waals surface area contributed by atoms with Crippen LogP contribution in [0.5, 0.6) is 17.2 Å². The molecule has 0 atom stereocenters. The molecular weight excluding hydrogens is 314 g/mol. The van der Waals surface area contributed by atoms with Gasteiger partial charge < -0.3 is 23.7 Å². The number of methoxy groups -OCH3 is 3. The van der Waals surface area contributed by atoms with Gasteiger partial charge in [0, 0.05) is 6.07 Å². The van der Waals surface area contributed by atoms with E-state index < -0.39 is 5.97 Å². The lowest BCUT2D eigenvalue weighted by Gasteiger charge is -2.18. The van der Waals surface area contributed by atoms with Crippen LogP contribution >= 0.6 is 0 Å². The quantitative estimate of drug-likeness (QED) is 0.742. The lowest BCUT2D eigenvalue weighted by atomic mass is 10.1. The molecule has 1 aromatic carbocycles. The fraction of sp³-hybridized carbons (Fsp3) is 0.529. The van der Waals surface area contributed by atoms with Crippen LogP contribution in [-0.2, 0) is 9.47 Å². The van der Waals surface area contributed by atoms with Crippen LogP contribution in [0.2, 0.25) is 0 Å². The van der Waals surface area contributed by atoms with Gasteiger partial charge >= 0.3 is 5.97 Å². The van der Waals surface area contributed by atoms with E-state index in [1.165, 1.54) is 21.3 Å². The fourth-order valence-electron chi connectivity index (χ4n) is 2.46. The molecular formula is C17H23NO6. The molecule has 0 aromatic heterocycles. The number of nitrogens with zero attached hydrogens (tertiary/aromatic N) is 1. The maximum Gasteiger partial charge on any atom is 0.345 e. The molecule has 2 rings (SSSR count). The van der Waals surface area contributed by atoms with Crippen molar-refractivity contribution in [3.05, 3.63) is 17.2 Å². The highest BCUT2D eigenvalue weighted by Gasteiger charge is 2.33. The van der Waals surface area contributed by atoms with Crippen molar-refractivity contribution in [2.45, 2.75) is 26.3 Å². The molecule has 0 bridgehead atoms. The van der Waals surface area contributed by atoms with Gasteiger partial charge in [-0.1, -0.05) is 0 Å². The van der Waals surface area contributed by atoms with Crippen LogP contribution in [0.3, 0.4) is 0 Å². The van der Waals surface area contributed by atoms with Crippen molar-refractivity contribution in [1.29, 1.82) is 0 Å². The molecule has 1 aliphatic rings. The number of ether oxygens (including phenoxy) is 5. The van der Waals surface area contributed by atoms with Crippen LogP contribution in [0.4, 0.5) is 0 Å². The first kappa shape index (κ1) is 17.9. The molecule has 7 nitrogen and oxygen atoms in total. The summed E-state index contributed by atoms with van der Waals surface area (Å²) < 4.78 is 27.0. The first-order valence-corrected chi connectivity index (χ1v) is 7.61. The predicted octanol–water partition coefficient (Wildman–Crippen LogP) is 2.44. The smallest absolute Gasteiger partial charge is 0.345 e. The van der Waals surface area contributed by atoms with Crippen molar-refractivity contribution in [1.82, 2.24) is 0 Å². The Labute approximate surface area is 141 Å². The van der Waals surface area contributed by atoms with Gasteiger partial charge in [0.25, 0.3) is 0 Å². The van der Waals surface area contributed by atoms with Crippen molar-refractivity contribution in [2.75, 3.05) is 34.5 Å². The third kappa shape index (κ3) is 3.25. The minimum Gasteiger partial charge on any atom is -0.495 e. The summed E-state index contributed by atoms with van der Waals surface area (Å²) in [6.07, 6.45) is 0. The average Bonchev–Trinajstić information content (AvgIpc) is 2.92. The lowest BCUT2D eigenvalue weighted by molar-refractivity contribution is 0.0518. The van der Waals surface area contributed by atoms with Crippen LogP contribution in [0, 0.1) is 0 Å². The Hall–Kier alpha value is -2.44. The Kier molecular flexibility index (Phi) is 5.21. The second kappa shape index (κ2) is 6.98. The summed E-state index contributed by atoms with van der Waals surface area (Å²) in [7, 11) is 4.41. The second-order valence-electron chi connectivity index (χ2n) is 5.81. The van der Waals surface area contributed by atoms with Crippen LogP contribution in [0.15, 0.2) is 11.1 Å². The Morgan fingerprint density at radius 3 is 2.33 bits per heavy atom. The van der Waals surface area contributed by atoms with Gasteiger partial charge in [-0.25, -0.2) is 9.79 Å². The first-order valence-electron chi connectivity index (χ1n) is 7.61. The van der Waals surface area contributed by atoms with E-state index in [1.807, 2.05) is 13.8 Å². The SMILES string of the molecule is CCOC(=O)c1c(OC)c(OC)cc(C2=NC(C)(C)CO2)c1OC. The van der Waals surface area contributed by atoms with Gasteiger partial charge in [0.1, 0.15) is 17.9 Å². The minimum atomic E-state index is -0.566. The van der Waals surface area contributed by atoms with Crippen molar-refractivity contribution >= 4 is 11.9 Å². The molecule has 1 aromatic rings. The minimum absolute atomic E-state index is 0.146. The van der Waals surface area contributed by atoms with Gasteiger partial charge in [-0.15, -0.1) is 0 Å². The molecule has 0 spiro atoms. The highest BCUT2D eigenvalue weighted by Crippen LogP contribution is 2.42. The molecule has 0 unspecified atom stereocenters. The van der Waals surface area contributed by atoms with E-state index in [-0.39, 0.29) is 29.2 Å². The summed E-state index contributed by atoms with van der Waals surface area (Å²) in [4.78, 5) is 17.0. The Balaban J connectivity index is 2.72. The zero-order chi connectivity index (χ0) is 17.9. The number of aliphatic imine (C=N–C) groups is 1. The van der Waals surface area contributed by atoms with E-state index in [0.717, 1.165) is 0 Å². The number of hydrogen-bond acceptors (Lipinski definition) is 7. The lowest BCUT2D eigenvalue weighted by Crippen LogP contribution is -2.17. The maximum absolute atomic E-state index is 12.4. The number of carbonyl (C=O) groups is 1. The zero-order valence-electron chi connectivity index (χ0n) is 14.9. The molecule has 24 heavy (non-hydrogen) atoms. The summed E-state index contributed by atoms with van der Waals surface area (Å²) in [6, 6.07) is 1.68. The van der Waals surface area contributed by atoms with Crippen LogP contribution in [0.25, 0.3) is 0 Å². The van der Waals surface area contributed by atoms with E-state index in [1.54, 1.807) is 13.0 Å². The van der Waals surface area contributed by atoms with Gasteiger partial charge in [0.05, 0.1) is 39.0 Å². The monoisotopic (exact) mass is 337 g/mol. The average molecular weight is 337 g/mol. The zero-order valence-corrected chi connectivity index (χ0v) is 14.9. The molecule has 0 fully saturated rings. The van der Waals surface area contributed by atoms with E-state index in [2.05, 4.69) is 4.99 Å². The van der Waals surface area contributed by atoms with E-state index in [9.17, 15) is 4.79 Å². The number of rotatable bonds is 6. The predicted molar refractivity (Wildman–Crippen MR) is 88.6 cm³/mol. The van der Waals surface area contributed by atoms with Crippen LogP contribution in [-0.4, -0.2) is 51.9 Å². The van der Waals surface area contributed by atoms with Gasteiger partial charge in [-0.2, -0.15) is 0 Å². The fourth-order valence-corrected chi connectivity index (χ4v) is 2.46. The molecule has 7 heteroatoms. The van der Waals surface area contributed by atoms with Crippen LogP contribution in [0.1, 0.15) is 36.7 Å². The normalized spacial score (nSPS) is 15.3.